The van der Waals surface area contributed by atoms with Crippen molar-refractivity contribution < 1.29 is 33.5 Å². The first kappa shape index (κ1) is 26.6. The Morgan fingerprint density at radius 3 is 2.50 bits per heavy atom. The second-order valence-corrected chi connectivity index (χ2v) is 8.46. The Morgan fingerprint density at radius 1 is 1.21 bits per heavy atom. The Balaban J connectivity index is 2.12. The number of amides is 5. The molecule has 0 bridgehead atoms. The molecule has 1 fully saturated rings. The molecule has 3 atom stereocenters. The van der Waals surface area contributed by atoms with E-state index in [0.29, 0.717) is 6.42 Å². The van der Waals surface area contributed by atoms with E-state index in [-0.39, 0.29) is 31.0 Å². The number of carbonyl (C=O) groups excluding carboxylic acids is 4. The Hall–Kier alpha value is -3.70. The molecular formula is C22H30FN5O6. The van der Waals surface area contributed by atoms with Gasteiger partial charge in [-0.15, -0.1) is 0 Å². The van der Waals surface area contributed by atoms with Gasteiger partial charge in [-0.25, -0.2) is 9.18 Å². The Kier molecular flexibility index (Phi) is 9.34. The number of nitrogens with zero attached hydrogens (tertiary/aromatic N) is 1. The number of hydrogen-bond donors (Lipinski definition) is 5. The summed E-state index contributed by atoms with van der Waals surface area (Å²) in [6.07, 6.45) is -0.342. The zero-order valence-corrected chi connectivity index (χ0v) is 19.0. The van der Waals surface area contributed by atoms with E-state index in [2.05, 4.69) is 16.0 Å². The van der Waals surface area contributed by atoms with Crippen LogP contribution in [-0.4, -0.2) is 64.4 Å². The minimum absolute atomic E-state index is 0.0325. The smallest absolute Gasteiger partial charge is 0.319 e. The molecule has 1 aromatic carbocycles. The number of primary amides is 1. The number of likely N-dealkylation sites (tertiary alicyclic amines) is 1. The molecule has 0 saturated carbocycles. The summed E-state index contributed by atoms with van der Waals surface area (Å²) in [5.41, 5.74) is 5.62. The molecule has 1 aromatic rings. The van der Waals surface area contributed by atoms with Crippen LogP contribution in [-0.2, 0) is 19.2 Å². The van der Waals surface area contributed by atoms with Gasteiger partial charge in [0.15, 0.2) is 0 Å². The Labute approximate surface area is 196 Å². The monoisotopic (exact) mass is 479 g/mol. The van der Waals surface area contributed by atoms with Gasteiger partial charge in [0.05, 0.1) is 6.42 Å². The van der Waals surface area contributed by atoms with Gasteiger partial charge in [-0.05, 0) is 37.0 Å². The summed E-state index contributed by atoms with van der Waals surface area (Å²) >= 11 is 0. The summed E-state index contributed by atoms with van der Waals surface area (Å²) in [6, 6.07) is 2.20. The first-order chi connectivity index (χ1) is 16.0. The number of aliphatic carboxylic acids is 1. The second-order valence-electron chi connectivity index (χ2n) is 8.46. The minimum atomic E-state index is -1.14. The molecule has 1 aliphatic rings. The summed E-state index contributed by atoms with van der Waals surface area (Å²) in [7, 11) is 0. The molecule has 0 aromatic heterocycles. The lowest BCUT2D eigenvalue weighted by Gasteiger charge is -2.39. The van der Waals surface area contributed by atoms with Crippen molar-refractivity contribution in [3.05, 3.63) is 30.1 Å². The SMILES string of the molecule is CC(C)[C@@H](NC(=O)[C@H]1C[C@@H](NC(=O)Nc2cccc(F)c2)CCN1C(=O)CCC(=O)O)C(N)=O. The van der Waals surface area contributed by atoms with Gasteiger partial charge in [0, 0.05) is 24.7 Å². The van der Waals surface area contributed by atoms with Crippen molar-refractivity contribution >= 4 is 35.4 Å². The van der Waals surface area contributed by atoms with Crippen LogP contribution in [0.1, 0.15) is 39.5 Å². The molecule has 0 radical (unpaired) electrons. The molecule has 1 heterocycles. The quantitative estimate of drug-likeness (QED) is 0.351. The third-order valence-corrected chi connectivity index (χ3v) is 5.47. The first-order valence-corrected chi connectivity index (χ1v) is 10.9. The number of halogens is 1. The minimum Gasteiger partial charge on any atom is -0.481 e. The molecule has 5 amide bonds. The fourth-order valence-electron chi connectivity index (χ4n) is 3.74. The van der Waals surface area contributed by atoms with Crippen LogP contribution < -0.4 is 21.7 Å². The molecule has 0 aliphatic carbocycles. The maximum absolute atomic E-state index is 13.3. The van der Waals surface area contributed by atoms with Crippen LogP contribution in [0.3, 0.4) is 0 Å². The van der Waals surface area contributed by atoms with Crippen molar-refractivity contribution in [2.45, 2.75) is 57.7 Å². The van der Waals surface area contributed by atoms with Crippen molar-refractivity contribution in [1.82, 2.24) is 15.5 Å². The Bertz CT molecular complexity index is 940. The van der Waals surface area contributed by atoms with Gasteiger partial charge in [0.1, 0.15) is 17.9 Å². The van der Waals surface area contributed by atoms with Gasteiger partial charge in [-0.1, -0.05) is 19.9 Å². The highest BCUT2D eigenvalue weighted by Gasteiger charge is 2.38. The van der Waals surface area contributed by atoms with Crippen LogP contribution in [0, 0.1) is 11.7 Å². The van der Waals surface area contributed by atoms with E-state index in [1.54, 1.807) is 13.8 Å². The maximum Gasteiger partial charge on any atom is 0.319 e. The summed E-state index contributed by atoms with van der Waals surface area (Å²) in [6.45, 7) is 3.49. The number of benzene rings is 1. The van der Waals surface area contributed by atoms with E-state index in [9.17, 15) is 28.4 Å². The van der Waals surface area contributed by atoms with Gasteiger partial charge in [0.25, 0.3) is 0 Å². The van der Waals surface area contributed by atoms with E-state index in [0.717, 1.165) is 6.07 Å². The van der Waals surface area contributed by atoms with Gasteiger partial charge in [-0.2, -0.15) is 0 Å². The molecular weight excluding hydrogens is 449 g/mol. The summed E-state index contributed by atoms with van der Waals surface area (Å²) in [5, 5.41) is 16.6. The highest BCUT2D eigenvalue weighted by atomic mass is 19.1. The van der Waals surface area contributed by atoms with E-state index in [1.165, 1.54) is 23.1 Å². The molecule has 6 N–H and O–H groups in total. The van der Waals surface area contributed by atoms with Crippen molar-refractivity contribution in [1.29, 1.82) is 0 Å². The van der Waals surface area contributed by atoms with E-state index >= 15 is 0 Å². The molecule has 11 nitrogen and oxygen atoms in total. The largest absolute Gasteiger partial charge is 0.481 e. The van der Waals surface area contributed by atoms with Crippen molar-refractivity contribution in [2.75, 3.05) is 11.9 Å². The van der Waals surface area contributed by atoms with Crippen molar-refractivity contribution in [2.24, 2.45) is 11.7 Å². The van der Waals surface area contributed by atoms with Crippen LogP contribution in [0.25, 0.3) is 0 Å². The lowest BCUT2D eigenvalue weighted by atomic mass is 9.94. The third kappa shape index (κ3) is 7.71. The second kappa shape index (κ2) is 12.0. The van der Waals surface area contributed by atoms with Crippen molar-refractivity contribution in [3.63, 3.8) is 0 Å². The Morgan fingerprint density at radius 2 is 1.91 bits per heavy atom. The van der Waals surface area contributed by atoms with E-state index in [4.69, 9.17) is 10.8 Å². The molecule has 0 unspecified atom stereocenters. The maximum atomic E-state index is 13.3. The normalized spacial score (nSPS) is 18.6. The molecule has 34 heavy (non-hydrogen) atoms. The predicted octanol–water partition coefficient (Wildman–Crippen LogP) is 0.798. The molecule has 1 saturated heterocycles. The topological polar surface area (TPSA) is 171 Å². The number of rotatable bonds is 9. The first-order valence-electron chi connectivity index (χ1n) is 10.9. The number of urea groups is 1. The zero-order chi connectivity index (χ0) is 25.4. The highest BCUT2D eigenvalue weighted by Crippen LogP contribution is 2.21. The molecule has 186 valence electrons. The van der Waals surface area contributed by atoms with Crippen LogP contribution in [0.4, 0.5) is 14.9 Å². The summed E-state index contributed by atoms with van der Waals surface area (Å²) < 4.78 is 13.3. The fraction of sp³-hybridized carbons (Fsp3) is 0.500. The summed E-state index contributed by atoms with van der Waals surface area (Å²) in [4.78, 5) is 61.9. The number of anilines is 1. The van der Waals surface area contributed by atoms with Crippen LogP contribution in [0.2, 0.25) is 0 Å². The zero-order valence-electron chi connectivity index (χ0n) is 19.0. The standard InChI is InChI=1S/C22H30FN5O6/c1-12(2)19(20(24)32)27-21(33)16-11-15(8-9-28(16)17(29)6-7-18(30)31)26-22(34)25-14-5-3-4-13(23)10-14/h3-5,10,12,15-16,19H,6-9,11H2,1-2H3,(H2,24,32)(H,27,33)(H,30,31)(H2,25,26,34)/t15-,16+,19+/m0/s1. The van der Waals surface area contributed by atoms with Crippen LogP contribution in [0.5, 0.6) is 0 Å². The average molecular weight is 480 g/mol. The van der Waals surface area contributed by atoms with Crippen LogP contribution in [0.15, 0.2) is 24.3 Å². The fourth-order valence-corrected chi connectivity index (χ4v) is 3.74. The van der Waals surface area contributed by atoms with Gasteiger partial charge in [0.2, 0.25) is 17.7 Å². The van der Waals surface area contributed by atoms with E-state index < -0.39 is 60.1 Å². The molecule has 1 aliphatic heterocycles. The number of hydrogen-bond acceptors (Lipinski definition) is 5. The van der Waals surface area contributed by atoms with Gasteiger partial charge < -0.3 is 31.7 Å². The molecule has 12 heteroatoms. The van der Waals surface area contributed by atoms with Gasteiger partial charge >= 0.3 is 12.0 Å². The lowest BCUT2D eigenvalue weighted by Crippen LogP contribution is -2.60. The number of carboxylic acids is 1. The number of carbonyl (C=O) groups is 5. The number of nitrogens with two attached hydrogens (primary N) is 1. The van der Waals surface area contributed by atoms with Crippen LogP contribution >= 0.6 is 0 Å². The molecule has 0 spiro atoms. The highest BCUT2D eigenvalue weighted by molar-refractivity contribution is 5.93. The number of nitrogens with one attached hydrogen (secondary N) is 3. The number of piperidine rings is 1. The van der Waals surface area contributed by atoms with Crippen molar-refractivity contribution in [3.8, 4) is 0 Å². The predicted molar refractivity (Wildman–Crippen MR) is 120 cm³/mol. The molecule has 2 rings (SSSR count). The summed E-state index contributed by atoms with van der Waals surface area (Å²) in [5.74, 6) is -3.84. The number of carboxylic acid groups (broad SMARTS) is 1. The van der Waals surface area contributed by atoms with E-state index in [1.807, 2.05) is 0 Å². The average Bonchev–Trinajstić information content (AvgIpc) is 2.75. The van der Waals surface area contributed by atoms with Gasteiger partial charge in [-0.3, -0.25) is 19.2 Å². The lowest BCUT2D eigenvalue weighted by molar-refractivity contribution is -0.146. The third-order valence-electron chi connectivity index (χ3n) is 5.47.